The van der Waals surface area contributed by atoms with E-state index in [-0.39, 0.29) is 0 Å². The SMILES string of the molecule is CC(=O)N1C[C@H](S(=O)(=O)c2ccccc2C(F)(F)F)C[C@H]1C(=O)O. The third-order valence-electron chi connectivity index (χ3n) is 3.89. The molecule has 1 N–H and O–H groups in total. The summed E-state index contributed by atoms with van der Waals surface area (Å²) in [6, 6.07) is 2.34. The number of benzene rings is 1. The number of nitrogens with zero attached hydrogens (tertiary/aromatic N) is 1. The highest BCUT2D eigenvalue weighted by Crippen LogP contribution is 2.37. The summed E-state index contributed by atoms with van der Waals surface area (Å²) in [6.45, 7) is 0.620. The summed E-state index contributed by atoms with van der Waals surface area (Å²) < 4.78 is 64.4. The first kappa shape index (κ1) is 18.2. The van der Waals surface area contributed by atoms with E-state index in [1.165, 1.54) is 0 Å². The number of rotatable bonds is 3. The minimum atomic E-state index is -4.87. The molecule has 0 aromatic heterocycles. The Morgan fingerprint density at radius 1 is 1.25 bits per heavy atom. The summed E-state index contributed by atoms with van der Waals surface area (Å²) in [5, 5.41) is 7.69. The third kappa shape index (κ3) is 3.23. The van der Waals surface area contributed by atoms with Gasteiger partial charge in [-0.25, -0.2) is 13.2 Å². The quantitative estimate of drug-likeness (QED) is 0.878. The van der Waals surface area contributed by atoms with E-state index in [0.717, 1.165) is 30.0 Å². The first-order chi connectivity index (χ1) is 11.0. The van der Waals surface area contributed by atoms with Gasteiger partial charge in [-0.15, -0.1) is 0 Å². The van der Waals surface area contributed by atoms with Gasteiger partial charge in [-0.3, -0.25) is 4.79 Å². The predicted octanol–water partition coefficient (Wildman–Crippen LogP) is 1.55. The van der Waals surface area contributed by atoms with Gasteiger partial charge in [0.1, 0.15) is 6.04 Å². The van der Waals surface area contributed by atoms with E-state index in [2.05, 4.69) is 0 Å². The molecule has 1 aromatic carbocycles. The normalized spacial score (nSPS) is 21.8. The molecule has 0 spiro atoms. The number of carboxylic acids is 1. The number of carboxylic acid groups (broad SMARTS) is 1. The number of hydrogen-bond donors (Lipinski definition) is 1. The Balaban J connectivity index is 2.47. The van der Waals surface area contributed by atoms with Gasteiger partial charge in [-0.1, -0.05) is 12.1 Å². The molecular formula is C14H14F3NO5S. The molecule has 0 radical (unpaired) electrons. The highest BCUT2D eigenvalue weighted by Gasteiger charge is 2.47. The van der Waals surface area contributed by atoms with Crippen molar-refractivity contribution in [2.45, 2.75) is 35.7 Å². The van der Waals surface area contributed by atoms with E-state index in [9.17, 15) is 31.2 Å². The monoisotopic (exact) mass is 365 g/mol. The van der Waals surface area contributed by atoms with Crippen molar-refractivity contribution in [3.8, 4) is 0 Å². The van der Waals surface area contributed by atoms with Crippen molar-refractivity contribution in [3.63, 3.8) is 0 Å². The smallest absolute Gasteiger partial charge is 0.417 e. The summed E-state index contributed by atoms with van der Waals surface area (Å²) in [7, 11) is -4.46. The first-order valence-corrected chi connectivity index (χ1v) is 8.41. The van der Waals surface area contributed by atoms with Crippen molar-refractivity contribution in [2.24, 2.45) is 0 Å². The second-order valence-corrected chi connectivity index (χ2v) is 7.62. The van der Waals surface area contributed by atoms with Crippen LogP contribution in [0.15, 0.2) is 29.2 Å². The Morgan fingerprint density at radius 2 is 1.83 bits per heavy atom. The number of halogens is 3. The van der Waals surface area contributed by atoms with Gasteiger partial charge in [0, 0.05) is 13.5 Å². The summed E-state index contributed by atoms with van der Waals surface area (Å²) >= 11 is 0. The summed E-state index contributed by atoms with van der Waals surface area (Å²) in [4.78, 5) is 22.6. The van der Waals surface area contributed by atoms with E-state index in [0.29, 0.717) is 6.07 Å². The molecule has 1 heterocycles. The standard InChI is InChI=1S/C14H14F3NO5S/c1-8(19)18-7-9(6-11(18)13(20)21)24(22,23)12-5-3-2-4-10(12)14(15,16)17/h2-5,9,11H,6-7H2,1H3,(H,20,21)/t9-,11+/m1/s1. The second kappa shape index (κ2) is 6.08. The lowest BCUT2D eigenvalue weighted by molar-refractivity contribution is -0.147. The maximum atomic E-state index is 13.1. The zero-order chi connectivity index (χ0) is 18.3. The topological polar surface area (TPSA) is 91.8 Å². The van der Waals surface area contributed by atoms with Crippen LogP contribution in [0.2, 0.25) is 0 Å². The minimum absolute atomic E-state index is 0.455. The summed E-state index contributed by atoms with van der Waals surface area (Å²) in [6.07, 6.45) is -5.32. The fourth-order valence-electron chi connectivity index (χ4n) is 2.73. The van der Waals surface area contributed by atoms with Gasteiger partial charge < -0.3 is 10.0 Å². The van der Waals surface area contributed by atoms with Gasteiger partial charge in [0.05, 0.1) is 15.7 Å². The molecule has 1 aromatic rings. The number of carbonyl (C=O) groups excluding carboxylic acids is 1. The molecule has 0 saturated carbocycles. The van der Waals surface area contributed by atoms with Crippen LogP contribution in [0.5, 0.6) is 0 Å². The molecule has 24 heavy (non-hydrogen) atoms. The van der Waals surface area contributed by atoms with Crippen molar-refractivity contribution < 1.29 is 36.3 Å². The largest absolute Gasteiger partial charge is 0.480 e. The van der Waals surface area contributed by atoms with Crippen molar-refractivity contribution in [1.29, 1.82) is 0 Å². The van der Waals surface area contributed by atoms with Crippen LogP contribution in [0, 0.1) is 0 Å². The Labute approximate surface area is 135 Å². The maximum absolute atomic E-state index is 13.1. The average Bonchev–Trinajstić information content (AvgIpc) is 2.92. The molecule has 2 rings (SSSR count). The number of aliphatic carboxylic acids is 1. The Morgan fingerprint density at radius 3 is 2.29 bits per heavy atom. The van der Waals surface area contributed by atoms with Gasteiger partial charge in [-0.05, 0) is 18.6 Å². The van der Waals surface area contributed by atoms with E-state index >= 15 is 0 Å². The van der Waals surface area contributed by atoms with Crippen LogP contribution in [0.1, 0.15) is 18.9 Å². The highest BCUT2D eigenvalue weighted by atomic mass is 32.2. The van der Waals surface area contributed by atoms with Crippen LogP contribution < -0.4 is 0 Å². The molecule has 1 aliphatic heterocycles. The molecule has 0 unspecified atom stereocenters. The fourth-order valence-corrected chi connectivity index (χ4v) is 4.64. The molecule has 6 nitrogen and oxygen atoms in total. The average molecular weight is 365 g/mol. The van der Waals surface area contributed by atoms with Crippen LogP contribution in [-0.2, 0) is 25.6 Å². The minimum Gasteiger partial charge on any atom is -0.480 e. The lowest BCUT2D eigenvalue weighted by Gasteiger charge is -2.19. The van der Waals surface area contributed by atoms with Crippen molar-refractivity contribution in [3.05, 3.63) is 29.8 Å². The first-order valence-electron chi connectivity index (χ1n) is 6.86. The zero-order valence-electron chi connectivity index (χ0n) is 12.4. The van der Waals surface area contributed by atoms with Crippen LogP contribution in [0.4, 0.5) is 13.2 Å². The fraction of sp³-hybridized carbons (Fsp3) is 0.429. The van der Waals surface area contributed by atoms with E-state index < -0.39 is 62.6 Å². The van der Waals surface area contributed by atoms with Crippen molar-refractivity contribution in [1.82, 2.24) is 4.90 Å². The molecule has 0 bridgehead atoms. The van der Waals surface area contributed by atoms with Crippen molar-refractivity contribution >= 4 is 21.7 Å². The maximum Gasteiger partial charge on any atom is 0.417 e. The van der Waals surface area contributed by atoms with Crippen molar-refractivity contribution in [2.75, 3.05) is 6.54 Å². The number of carbonyl (C=O) groups is 2. The Hall–Kier alpha value is -2.10. The molecular weight excluding hydrogens is 351 g/mol. The number of likely N-dealkylation sites (tertiary alicyclic amines) is 1. The van der Waals surface area contributed by atoms with Crippen LogP contribution in [-0.4, -0.2) is 48.1 Å². The molecule has 10 heteroatoms. The van der Waals surface area contributed by atoms with Crippen LogP contribution in [0.25, 0.3) is 0 Å². The van der Waals surface area contributed by atoms with Gasteiger partial charge in [0.2, 0.25) is 5.91 Å². The highest BCUT2D eigenvalue weighted by molar-refractivity contribution is 7.92. The van der Waals surface area contributed by atoms with E-state index in [1.807, 2.05) is 0 Å². The Kier molecular flexibility index (Phi) is 4.62. The lowest BCUT2D eigenvalue weighted by Crippen LogP contribution is -2.39. The molecule has 0 aliphatic carbocycles. The second-order valence-electron chi connectivity index (χ2n) is 5.42. The number of alkyl halides is 3. The molecule has 1 aliphatic rings. The van der Waals surface area contributed by atoms with Crippen LogP contribution >= 0.6 is 0 Å². The molecule has 1 saturated heterocycles. The molecule has 2 atom stereocenters. The number of amides is 1. The molecule has 1 fully saturated rings. The number of hydrogen-bond acceptors (Lipinski definition) is 4. The van der Waals surface area contributed by atoms with Gasteiger partial charge in [-0.2, -0.15) is 13.2 Å². The van der Waals surface area contributed by atoms with E-state index in [1.54, 1.807) is 0 Å². The molecule has 1 amide bonds. The third-order valence-corrected chi connectivity index (χ3v) is 6.08. The zero-order valence-corrected chi connectivity index (χ0v) is 13.3. The van der Waals surface area contributed by atoms with Gasteiger partial charge >= 0.3 is 12.1 Å². The Bertz CT molecular complexity index is 753. The molecule has 132 valence electrons. The number of sulfone groups is 1. The van der Waals surface area contributed by atoms with Gasteiger partial charge in [0.25, 0.3) is 0 Å². The van der Waals surface area contributed by atoms with E-state index in [4.69, 9.17) is 5.11 Å². The predicted molar refractivity (Wildman–Crippen MR) is 75.8 cm³/mol. The summed E-state index contributed by atoms with van der Waals surface area (Å²) in [5.74, 6) is -2.05. The van der Waals surface area contributed by atoms with Crippen LogP contribution in [0.3, 0.4) is 0 Å². The summed E-state index contributed by atoms with van der Waals surface area (Å²) in [5.41, 5.74) is -1.31. The lowest BCUT2D eigenvalue weighted by atomic mass is 10.2. The van der Waals surface area contributed by atoms with Gasteiger partial charge in [0.15, 0.2) is 9.84 Å².